The van der Waals surface area contributed by atoms with Crippen molar-refractivity contribution in [2.75, 3.05) is 0 Å². The predicted molar refractivity (Wildman–Crippen MR) is 151 cm³/mol. The van der Waals surface area contributed by atoms with Crippen LogP contribution in [0.25, 0.3) is 43.9 Å². The van der Waals surface area contributed by atoms with E-state index in [-0.39, 0.29) is 39.7 Å². The van der Waals surface area contributed by atoms with Gasteiger partial charge in [0.05, 0.1) is 51.2 Å². The van der Waals surface area contributed by atoms with Crippen LogP contribution in [0, 0.1) is 35.4 Å². The van der Waals surface area contributed by atoms with E-state index >= 15 is 4.39 Å². The topological polar surface area (TPSA) is 160 Å². The summed E-state index contributed by atoms with van der Waals surface area (Å²) in [6, 6.07) is 15.8. The number of hydrogen-bond acceptors (Lipinski definition) is 6. The Balaban J connectivity index is 1.93. The lowest BCUT2D eigenvalue weighted by atomic mass is 9.90. The Morgan fingerprint density at radius 1 is 1.12 bits per heavy atom. The van der Waals surface area contributed by atoms with Gasteiger partial charge in [0.1, 0.15) is 18.0 Å². The van der Waals surface area contributed by atoms with Gasteiger partial charge >= 0.3 is 6.09 Å². The van der Waals surface area contributed by atoms with Crippen molar-refractivity contribution in [2.24, 2.45) is 0 Å². The first-order valence-electron chi connectivity index (χ1n) is 12.6. The van der Waals surface area contributed by atoms with Gasteiger partial charge in [-0.3, -0.25) is 9.48 Å². The molecule has 3 N–H and O–H groups in total. The molecule has 2 aromatic heterocycles. The fourth-order valence-electron chi connectivity index (χ4n) is 5.13. The van der Waals surface area contributed by atoms with Gasteiger partial charge in [0.25, 0.3) is 5.56 Å². The Bertz CT molecular complexity index is 2040. The molecular weight excluding hydrogens is 525 g/mol. The van der Waals surface area contributed by atoms with Gasteiger partial charge in [-0.05, 0) is 56.8 Å². The summed E-state index contributed by atoms with van der Waals surface area (Å²) in [5.41, 5.74) is 0.871. The molecule has 0 radical (unpaired) electrons. The number of aromatic nitrogens is 4. The highest BCUT2D eigenvalue weighted by Crippen LogP contribution is 2.43. The van der Waals surface area contributed by atoms with E-state index in [0.29, 0.717) is 33.3 Å². The van der Waals surface area contributed by atoms with E-state index in [1.54, 1.807) is 41.9 Å². The number of carbonyl (C=O) groups is 1. The molecule has 0 fully saturated rings. The molecule has 0 aliphatic heterocycles. The lowest BCUT2D eigenvalue weighted by Crippen LogP contribution is -2.24. The Labute approximate surface area is 233 Å². The number of nitrogens with one attached hydrogen (secondary N) is 2. The zero-order valence-electron chi connectivity index (χ0n) is 22.6. The minimum absolute atomic E-state index is 0.0195. The summed E-state index contributed by atoms with van der Waals surface area (Å²) >= 11 is 0. The average Bonchev–Trinajstić information content (AvgIpc) is 3.28. The van der Waals surface area contributed by atoms with Crippen LogP contribution in [0.15, 0.2) is 47.3 Å². The van der Waals surface area contributed by atoms with Gasteiger partial charge in [-0.15, -0.1) is 0 Å². The molecular formula is C30H24FN7O3. The number of nitriles is 2. The third-order valence-corrected chi connectivity index (χ3v) is 6.83. The molecule has 0 saturated carbocycles. The van der Waals surface area contributed by atoms with Crippen LogP contribution in [0.1, 0.15) is 43.3 Å². The number of carboxylic acid groups (broad SMARTS) is 1. The summed E-state index contributed by atoms with van der Waals surface area (Å²) in [6.07, 6.45) is -1.29. The number of rotatable bonds is 4. The zero-order chi connectivity index (χ0) is 29.6. The van der Waals surface area contributed by atoms with Crippen molar-refractivity contribution in [3.05, 3.63) is 81.2 Å². The van der Waals surface area contributed by atoms with E-state index in [9.17, 15) is 20.1 Å². The minimum Gasteiger partial charge on any atom is -0.465 e. The molecule has 10 nitrogen and oxygen atoms in total. The van der Waals surface area contributed by atoms with E-state index in [0.717, 1.165) is 0 Å². The Morgan fingerprint density at radius 3 is 2.51 bits per heavy atom. The second-order valence-electron chi connectivity index (χ2n) is 10.5. The first-order chi connectivity index (χ1) is 19.5. The summed E-state index contributed by atoms with van der Waals surface area (Å²) < 4.78 is 17.7. The summed E-state index contributed by atoms with van der Waals surface area (Å²) in [5.74, 6) is -0.613. The monoisotopic (exact) mass is 549 g/mol. The van der Waals surface area contributed by atoms with Gasteiger partial charge < -0.3 is 10.4 Å². The SMILES string of the molecule is Cc1nn(C(C)(C)C)c(-c2c(F)cc3ccccc3c2C#N)c1-c1cc(C#N)c2c(=O)[nH]nc(CNC(=O)O)c2c1. The fraction of sp³-hybridized carbons (Fsp3) is 0.200. The summed E-state index contributed by atoms with van der Waals surface area (Å²) in [5, 5.41) is 44.2. The van der Waals surface area contributed by atoms with Crippen molar-refractivity contribution in [1.82, 2.24) is 25.3 Å². The number of benzene rings is 3. The maximum absolute atomic E-state index is 16.1. The van der Waals surface area contributed by atoms with Crippen LogP contribution in [-0.2, 0) is 12.1 Å². The van der Waals surface area contributed by atoms with Crippen molar-refractivity contribution in [3.63, 3.8) is 0 Å². The summed E-state index contributed by atoms with van der Waals surface area (Å²) in [6.45, 7) is 7.21. The van der Waals surface area contributed by atoms with E-state index < -0.39 is 23.0 Å². The molecule has 1 amide bonds. The highest BCUT2D eigenvalue weighted by Gasteiger charge is 2.30. The van der Waals surface area contributed by atoms with Crippen LogP contribution in [0.2, 0.25) is 0 Å². The van der Waals surface area contributed by atoms with Gasteiger partial charge in [0.2, 0.25) is 0 Å². The fourth-order valence-corrected chi connectivity index (χ4v) is 5.13. The van der Waals surface area contributed by atoms with E-state index in [1.807, 2.05) is 26.8 Å². The van der Waals surface area contributed by atoms with Gasteiger partial charge in [0, 0.05) is 16.3 Å². The Kier molecular flexibility index (Phi) is 6.52. The van der Waals surface area contributed by atoms with E-state index in [4.69, 9.17) is 10.2 Å². The second kappa shape index (κ2) is 9.88. The number of aromatic amines is 1. The molecule has 41 heavy (non-hydrogen) atoms. The van der Waals surface area contributed by atoms with Crippen molar-refractivity contribution < 1.29 is 14.3 Å². The van der Waals surface area contributed by atoms with Crippen LogP contribution in [0.3, 0.4) is 0 Å². The number of nitrogens with zero attached hydrogens (tertiary/aromatic N) is 5. The third kappa shape index (κ3) is 4.53. The molecule has 2 heterocycles. The molecule has 0 aliphatic carbocycles. The molecule has 5 aromatic rings. The molecule has 0 spiro atoms. The molecule has 204 valence electrons. The molecule has 5 rings (SSSR count). The smallest absolute Gasteiger partial charge is 0.404 e. The van der Waals surface area contributed by atoms with Crippen molar-refractivity contribution in [3.8, 4) is 34.5 Å². The van der Waals surface area contributed by atoms with E-state index in [1.165, 1.54) is 12.1 Å². The maximum Gasteiger partial charge on any atom is 0.404 e. The van der Waals surface area contributed by atoms with Crippen molar-refractivity contribution in [1.29, 1.82) is 10.5 Å². The number of H-pyrrole nitrogens is 1. The summed E-state index contributed by atoms with van der Waals surface area (Å²) in [4.78, 5) is 23.9. The molecule has 0 bridgehead atoms. The van der Waals surface area contributed by atoms with Gasteiger partial charge in [-0.1, -0.05) is 24.3 Å². The first kappa shape index (κ1) is 27.0. The molecule has 11 heteroatoms. The summed E-state index contributed by atoms with van der Waals surface area (Å²) in [7, 11) is 0. The molecule has 0 unspecified atom stereocenters. The quantitative estimate of drug-likeness (QED) is 0.273. The molecule has 0 atom stereocenters. The Morgan fingerprint density at radius 2 is 1.85 bits per heavy atom. The van der Waals surface area contributed by atoms with Crippen LogP contribution in [-0.4, -0.2) is 31.2 Å². The number of aryl methyl sites for hydroxylation is 1. The second-order valence-corrected chi connectivity index (χ2v) is 10.5. The predicted octanol–water partition coefficient (Wildman–Crippen LogP) is 5.32. The lowest BCUT2D eigenvalue weighted by molar-refractivity contribution is 0.194. The molecule has 0 saturated heterocycles. The zero-order valence-corrected chi connectivity index (χ0v) is 22.6. The number of halogens is 1. The van der Waals surface area contributed by atoms with Crippen LogP contribution >= 0.6 is 0 Å². The minimum atomic E-state index is -1.29. The Hall–Kier alpha value is -5.55. The number of hydrogen-bond donors (Lipinski definition) is 3. The first-order valence-corrected chi connectivity index (χ1v) is 12.6. The normalized spacial score (nSPS) is 11.4. The van der Waals surface area contributed by atoms with Crippen LogP contribution < -0.4 is 10.9 Å². The number of amides is 1. The largest absolute Gasteiger partial charge is 0.465 e. The van der Waals surface area contributed by atoms with Gasteiger partial charge in [-0.2, -0.15) is 20.7 Å². The van der Waals surface area contributed by atoms with Crippen LogP contribution in [0.5, 0.6) is 0 Å². The standard InChI is InChI=1S/C30H24FN7O3/c1-15-24(17-9-18(12-32)25-20(10-17)23(14-34-29(40)41)35-36-28(25)39)27(38(37-15)30(2,3)4)26-21(13-33)19-8-6-5-7-16(19)11-22(26)31/h5-11,34H,14H2,1-4H3,(H,36,39)(H,40,41). The lowest BCUT2D eigenvalue weighted by Gasteiger charge is -2.24. The van der Waals surface area contributed by atoms with Crippen LogP contribution in [0.4, 0.5) is 9.18 Å². The van der Waals surface area contributed by atoms with Crippen molar-refractivity contribution >= 4 is 27.6 Å². The number of fused-ring (bicyclic) bond motifs is 2. The third-order valence-electron chi connectivity index (χ3n) is 6.83. The highest BCUT2D eigenvalue weighted by molar-refractivity contribution is 5.99. The van der Waals surface area contributed by atoms with Gasteiger partial charge in [-0.25, -0.2) is 14.3 Å². The highest BCUT2D eigenvalue weighted by atomic mass is 19.1. The van der Waals surface area contributed by atoms with Crippen molar-refractivity contribution in [2.45, 2.75) is 39.8 Å². The molecule has 0 aliphatic rings. The average molecular weight is 550 g/mol. The molecule has 3 aromatic carbocycles. The maximum atomic E-state index is 16.1. The van der Waals surface area contributed by atoms with E-state index in [2.05, 4.69) is 21.6 Å². The van der Waals surface area contributed by atoms with Gasteiger partial charge in [0.15, 0.2) is 0 Å².